The quantitative estimate of drug-likeness (QED) is 0.421. The summed E-state index contributed by atoms with van der Waals surface area (Å²) < 4.78 is 0. The number of anilines is 3. The van der Waals surface area contributed by atoms with Crippen LogP contribution in [0.3, 0.4) is 0 Å². The van der Waals surface area contributed by atoms with Gasteiger partial charge in [0.25, 0.3) is 0 Å². The van der Waals surface area contributed by atoms with Gasteiger partial charge in [-0.1, -0.05) is 36.4 Å². The van der Waals surface area contributed by atoms with Crippen LogP contribution in [0.15, 0.2) is 48.8 Å². The Morgan fingerprint density at radius 1 is 1.21 bits per heavy atom. The number of rotatable bonds is 5. The van der Waals surface area contributed by atoms with Gasteiger partial charge in [-0.25, -0.2) is 15.8 Å². The third-order valence-electron chi connectivity index (χ3n) is 3.75. The molecule has 0 spiro atoms. The molecule has 8 heteroatoms. The van der Waals surface area contributed by atoms with E-state index in [-0.39, 0.29) is 17.3 Å². The summed E-state index contributed by atoms with van der Waals surface area (Å²) in [6, 6.07) is 13.7. The molecule has 0 bridgehead atoms. The maximum atomic E-state index is 11.5. The number of hydrazine groups is 1. The van der Waals surface area contributed by atoms with Gasteiger partial charge in [0.15, 0.2) is 0 Å². The van der Waals surface area contributed by atoms with Crippen LogP contribution in [-0.2, 0) is 0 Å². The molecule has 0 fully saturated rings. The molecule has 0 saturated carbocycles. The van der Waals surface area contributed by atoms with E-state index in [0.29, 0.717) is 6.54 Å². The maximum absolute atomic E-state index is 11.5. The first-order valence-electron chi connectivity index (χ1n) is 7.38. The molecule has 0 unspecified atom stereocenters. The Bertz CT molecular complexity index is 893. The molecule has 0 saturated heterocycles. The van der Waals surface area contributed by atoms with Gasteiger partial charge in [0.2, 0.25) is 11.6 Å². The second kappa shape index (κ2) is 6.47. The molecule has 3 N–H and O–H groups in total. The van der Waals surface area contributed by atoms with E-state index in [2.05, 4.69) is 15.4 Å². The van der Waals surface area contributed by atoms with Crippen molar-refractivity contribution in [2.45, 2.75) is 6.92 Å². The van der Waals surface area contributed by atoms with Crippen molar-refractivity contribution in [3.8, 4) is 0 Å². The second-order valence-corrected chi connectivity index (χ2v) is 5.04. The highest BCUT2D eigenvalue weighted by molar-refractivity contribution is 5.96. The van der Waals surface area contributed by atoms with Gasteiger partial charge in [0.1, 0.15) is 6.33 Å². The number of nitrogens with one attached hydrogen (secondary N) is 1. The van der Waals surface area contributed by atoms with E-state index in [1.807, 2.05) is 49.4 Å². The minimum Gasteiger partial charge on any atom is -0.320 e. The predicted molar refractivity (Wildman–Crippen MR) is 93.1 cm³/mol. The van der Waals surface area contributed by atoms with Crippen molar-refractivity contribution in [3.63, 3.8) is 0 Å². The first kappa shape index (κ1) is 15.6. The van der Waals surface area contributed by atoms with E-state index >= 15 is 0 Å². The Balaban J connectivity index is 2.25. The van der Waals surface area contributed by atoms with Crippen molar-refractivity contribution in [1.29, 1.82) is 0 Å². The summed E-state index contributed by atoms with van der Waals surface area (Å²) in [5, 5.41) is 13.5. The lowest BCUT2D eigenvalue weighted by Crippen LogP contribution is -2.21. The van der Waals surface area contributed by atoms with Gasteiger partial charge in [0.05, 0.1) is 10.6 Å². The Morgan fingerprint density at radius 3 is 2.67 bits per heavy atom. The van der Waals surface area contributed by atoms with E-state index in [0.717, 1.165) is 16.5 Å². The SMILES string of the molecule is CCN(c1ncnc(NN)c1[N+](=O)[O-])c1cccc2ccccc12. The van der Waals surface area contributed by atoms with Crippen LogP contribution in [0.4, 0.5) is 23.0 Å². The van der Waals surface area contributed by atoms with E-state index in [1.165, 1.54) is 6.33 Å². The summed E-state index contributed by atoms with van der Waals surface area (Å²) in [7, 11) is 0. The van der Waals surface area contributed by atoms with Crippen molar-refractivity contribution < 1.29 is 4.92 Å². The number of hydrogen-bond acceptors (Lipinski definition) is 7. The van der Waals surface area contributed by atoms with Crippen LogP contribution < -0.4 is 16.2 Å². The van der Waals surface area contributed by atoms with Crippen LogP contribution in [0.25, 0.3) is 10.8 Å². The van der Waals surface area contributed by atoms with Crippen LogP contribution in [-0.4, -0.2) is 21.4 Å². The molecule has 122 valence electrons. The van der Waals surface area contributed by atoms with Crippen LogP contribution in [0, 0.1) is 10.1 Å². The van der Waals surface area contributed by atoms with Crippen LogP contribution in [0.2, 0.25) is 0 Å². The normalized spacial score (nSPS) is 10.6. The number of nitrogens with two attached hydrogens (primary N) is 1. The fraction of sp³-hybridized carbons (Fsp3) is 0.125. The molecule has 0 aliphatic carbocycles. The van der Waals surface area contributed by atoms with Gasteiger partial charge >= 0.3 is 5.69 Å². The molecular weight excluding hydrogens is 308 g/mol. The average molecular weight is 324 g/mol. The van der Waals surface area contributed by atoms with E-state index in [4.69, 9.17) is 5.84 Å². The van der Waals surface area contributed by atoms with Crippen molar-refractivity contribution >= 4 is 33.8 Å². The molecular formula is C16H16N6O2. The van der Waals surface area contributed by atoms with Crippen molar-refractivity contribution in [2.75, 3.05) is 16.9 Å². The topological polar surface area (TPSA) is 110 Å². The highest BCUT2D eigenvalue weighted by Crippen LogP contribution is 2.37. The predicted octanol–water partition coefficient (Wildman–Crippen LogP) is 2.98. The zero-order valence-electron chi connectivity index (χ0n) is 13.0. The van der Waals surface area contributed by atoms with Gasteiger partial charge in [-0.3, -0.25) is 10.1 Å². The number of aromatic nitrogens is 2. The standard InChI is InChI=1S/C16H16N6O2/c1-2-21(13-9-5-7-11-6-3-4-8-12(11)13)16-14(22(23)24)15(20-17)18-10-19-16/h3-10H,2,17H2,1H3,(H,18,19,20). The number of hydrogen-bond donors (Lipinski definition) is 2. The zero-order valence-corrected chi connectivity index (χ0v) is 13.0. The third kappa shape index (κ3) is 2.59. The lowest BCUT2D eigenvalue weighted by atomic mass is 10.1. The highest BCUT2D eigenvalue weighted by Gasteiger charge is 2.27. The summed E-state index contributed by atoms with van der Waals surface area (Å²) in [6.45, 7) is 2.40. The molecule has 0 atom stereocenters. The Kier molecular flexibility index (Phi) is 4.21. The molecule has 2 aromatic carbocycles. The van der Waals surface area contributed by atoms with Crippen molar-refractivity contribution in [1.82, 2.24) is 9.97 Å². The average Bonchev–Trinajstić information content (AvgIpc) is 2.62. The monoisotopic (exact) mass is 324 g/mol. The highest BCUT2D eigenvalue weighted by atomic mass is 16.6. The number of benzene rings is 2. The third-order valence-corrected chi connectivity index (χ3v) is 3.75. The van der Waals surface area contributed by atoms with Crippen molar-refractivity contribution in [3.05, 3.63) is 58.9 Å². The molecule has 24 heavy (non-hydrogen) atoms. The van der Waals surface area contributed by atoms with Gasteiger partial charge < -0.3 is 10.3 Å². The summed E-state index contributed by atoms with van der Waals surface area (Å²) >= 11 is 0. The second-order valence-electron chi connectivity index (χ2n) is 5.04. The smallest absolute Gasteiger partial charge is 0.320 e. The summed E-state index contributed by atoms with van der Waals surface area (Å²) in [5.74, 6) is 5.54. The molecule has 0 amide bonds. The molecule has 1 heterocycles. The molecule has 1 aromatic heterocycles. The zero-order chi connectivity index (χ0) is 17.1. The first-order chi connectivity index (χ1) is 11.7. The number of fused-ring (bicyclic) bond motifs is 1. The molecule has 3 aromatic rings. The summed E-state index contributed by atoms with van der Waals surface area (Å²) in [5.41, 5.74) is 2.84. The van der Waals surface area contributed by atoms with Crippen LogP contribution >= 0.6 is 0 Å². The molecule has 3 rings (SSSR count). The fourth-order valence-electron chi connectivity index (χ4n) is 2.72. The van der Waals surface area contributed by atoms with E-state index < -0.39 is 4.92 Å². The Morgan fingerprint density at radius 2 is 1.96 bits per heavy atom. The molecule has 0 aliphatic rings. The summed E-state index contributed by atoms with van der Waals surface area (Å²) in [4.78, 5) is 20.7. The van der Waals surface area contributed by atoms with Gasteiger partial charge in [-0.2, -0.15) is 0 Å². The van der Waals surface area contributed by atoms with Crippen LogP contribution in [0.1, 0.15) is 6.92 Å². The minimum atomic E-state index is -0.529. The Labute approximate surface area is 138 Å². The first-order valence-corrected chi connectivity index (χ1v) is 7.38. The maximum Gasteiger partial charge on any atom is 0.355 e. The summed E-state index contributed by atoms with van der Waals surface area (Å²) in [6.07, 6.45) is 1.26. The van der Waals surface area contributed by atoms with E-state index in [1.54, 1.807) is 4.90 Å². The van der Waals surface area contributed by atoms with Gasteiger partial charge in [-0.15, -0.1) is 0 Å². The van der Waals surface area contributed by atoms with Crippen molar-refractivity contribution in [2.24, 2.45) is 5.84 Å². The lowest BCUT2D eigenvalue weighted by Gasteiger charge is -2.23. The van der Waals surface area contributed by atoms with Gasteiger partial charge in [-0.05, 0) is 18.4 Å². The Hall–Kier alpha value is -3.26. The van der Waals surface area contributed by atoms with Crippen LogP contribution in [0.5, 0.6) is 0 Å². The molecule has 0 radical (unpaired) electrons. The lowest BCUT2D eigenvalue weighted by molar-refractivity contribution is -0.383. The molecule has 0 aliphatic heterocycles. The number of nitrogens with zero attached hydrogens (tertiary/aromatic N) is 4. The molecule has 8 nitrogen and oxygen atoms in total. The fourth-order valence-corrected chi connectivity index (χ4v) is 2.72. The largest absolute Gasteiger partial charge is 0.355 e. The minimum absolute atomic E-state index is 0.0244. The van der Waals surface area contributed by atoms with E-state index in [9.17, 15) is 10.1 Å². The van der Waals surface area contributed by atoms with Gasteiger partial charge in [0, 0.05) is 11.9 Å². The number of nitro groups is 1. The number of nitrogen functional groups attached to an aromatic ring is 1.